The molecule has 1 aliphatic carbocycles. The molecular weight excluding hydrogens is 495 g/mol. The van der Waals surface area contributed by atoms with Crippen LogP contribution in [0.15, 0.2) is 24.5 Å². The Bertz CT molecular complexity index is 802. The quantitative estimate of drug-likeness (QED) is 0.129. The zero-order chi connectivity index (χ0) is 28.5. The van der Waals surface area contributed by atoms with Crippen LogP contribution in [0.3, 0.4) is 0 Å². The first-order valence-corrected chi connectivity index (χ1v) is 13.0. The van der Waals surface area contributed by atoms with Crippen molar-refractivity contribution in [2.75, 3.05) is 0 Å². The van der Waals surface area contributed by atoms with Gasteiger partial charge in [0.1, 0.15) is 17.3 Å². The number of ether oxygens (including phenoxy) is 1. The second kappa shape index (κ2) is 11.0. The lowest BCUT2D eigenvalue weighted by molar-refractivity contribution is -0.217. The Kier molecular flexibility index (Phi) is 10.1. The largest absolute Gasteiger partial charge is 0.491 e. The van der Waals surface area contributed by atoms with Crippen LogP contribution in [0.25, 0.3) is 0 Å². The van der Waals surface area contributed by atoms with Crippen LogP contribution in [0, 0.1) is 28.1 Å². The molecule has 0 heterocycles. The minimum atomic E-state index is -5.25. The van der Waals surface area contributed by atoms with Crippen LogP contribution in [0.1, 0.15) is 100 Å². The summed E-state index contributed by atoms with van der Waals surface area (Å²) in [6.45, 7) is 24.7. The lowest BCUT2D eigenvalue weighted by Gasteiger charge is -2.50. The molecule has 2 nitrogen and oxygen atoms in total. The second-order valence-electron chi connectivity index (χ2n) is 13.3. The van der Waals surface area contributed by atoms with Crippen molar-refractivity contribution in [1.29, 1.82) is 0 Å². The van der Waals surface area contributed by atoms with Gasteiger partial charge >= 0.3 is 11.4 Å². The Labute approximate surface area is 219 Å². The second-order valence-corrected chi connectivity index (χ2v) is 13.9. The van der Waals surface area contributed by atoms with Crippen molar-refractivity contribution in [2.24, 2.45) is 28.1 Å². The molecule has 1 aliphatic rings. The molecule has 1 saturated carbocycles. The molecule has 1 rings (SSSR count). The van der Waals surface area contributed by atoms with Crippen molar-refractivity contribution in [3.8, 4) is 0 Å². The number of hydrogen-bond acceptors (Lipinski definition) is 3. The highest BCUT2D eigenvalue weighted by molar-refractivity contribution is 7.81. The molecular formula is C28H45F5O2S. The molecule has 0 spiro atoms. The van der Waals surface area contributed by atoms with E-state index in [4.69, 9.17) is 4.74 Å². The highest BCUT2D eigenvalue weighted by Gasteiger charge is 2.55. The average Bonchev–Trinajstić information content (AvgIpc) is 2.61. The number of thiol groups is 1. The van der Waals surface area contributed by atoms with Crippen molar-refractivity contribution in [2.45, 2.75) is 117 Å². The highest BCUT2D eigenvalue weighted by atomic mass is 32.1. The summed E-state index contributed by atoms with van der Waals surface area (Å²) in [5.74, 6) is -4.39. The van der Waals surface area contributed by atoms with Gasteiger partial charge in [0, 0.05) is 24.2 Å². The van der Waals surface area contributed by atoms with E-state index in [-0.39, 0.29) is 17.3 Å². The van der Waals surface area contributed by atoms with E-state index in [1.807, 2.05) is 0 Å². The lowest BCUT2D eigenvalue weighted by atomic mass is 9.60. The van der Waals surface area contributed by atoms with Gasteiger partial charge in [0.05, 0.1) is 5.76 Å². The number of ketones is 1. The maximum absolute atomic E-state index is 13.6. The van der Waals surface area contributed by atoms with Crippen LogP contribution in [-0.4, -0.2) is 22.8 Å². The number of Topliss-reactive ketones (excluding diaryl/α,β-unsaturated/α-hetero) is 1. The molecule has 0 aromatic heterocycles. The molecule has 1 fully saturated rings. The lowest BCUT2D eigenvalue weighted by Crippen LogP contribution is -2.45. The minimum absolute atomic E-state index is 0.0361. The molecule has 8 heteroatoms. The Balaban J connectivity index is 3.28. The predicted octanol–water partition coefficient (Wildman–Crippen LogP) is 9.56. The van der Waals surface area contributed by atoms with Gasteiger partial charge in [-0.2, -0.15) is 22.0 Å². The van der Waals surface area contributed by atoms with E-state index in [2.05, 4.69) is 74.3 Å². The number of carbonyl (C=O) groups is 1. The smallest absolute Gasteiger partial charge is 0.398 e. The summed E-state index contributed by atoms with van der Waals surface area (Å²) >= 11 is 2.83. The van der Waals surface area contributed by atoms with Crippen LogP contribution in [0.2, 0.25) is 0 Å². The van der Waals surface area contributed by atoms with Crippen molar-refractivity contribution in [1.82, 2.24) is 0 Å². The van der Waals surface area contributed by atoms with Crippen LogP contribution < -0.4 is 0 Å². The van der Waals surface area contributed by atoms with Gasteiger partial charge in [-0.15, -0.1) is 12.6 Å². The summed E-state index contributed by atoms with van der Waals surface area (Å²) in [6, 6.07) is 0. The highest BCUT2D eigenvalue weighted by Crippen LogP contribution is 2.54. The summed E-state index contributed by atoms with van der Waals surface area (Å²) in [6.07, 6.45) is -3.15. The molecule has 4 atom stereocenters. The molecule has 4 unspecified atom stereocenters. The third kappa shape index (κ3) is 8.76. The molecule has 36 heavy (non-hydrogen) atoms. The summed E-state index contributed by atoms with van der Waals surface area (Å²) in [5.41, 5.74) is -0.657. The number of halogens is 5. The molecule has 210 valence electrons. The van der Waals surface area contributed by atoms with E-state index in [0.29, 0.717) is 18.6 Å². The molecule has 0 N–H and O–H groups in total. The summed E-state index contributed by atoms with van der Waals surface area (Å²) in [7, 11) is 0. The van der Waals surface area contributed by atoms with E-state index in [1.54, 1.807) is 0 Å². The Morgan fingerprint density at radius 3 is 2.00 bits per heavy atom. The Morgan fingerprint density at radius 2 is 1.61 bits per heavy atom. The van der Waals surface area contributed by atoms with Crippen molar-refractivity contribution >= 4 is 18.4 Å². The average molecular weight is 541 g/mol. The number of hydrogen-bond donors (Lipinski definition) is 1. The molecule has 0 bridgehead atoms. The van der Waals surface area contributed by atoms with Crippen molar-refractivity contribution in [3.63, 3.8) is 0 Å². The standard InChI is InChI=1S/C28H45F5O2S/c1-18-12-11-13-26(15-18,35-20(3)25(10,24(7,8)9)17-23(4,5)6)16-19(2)21(34)14-22(27(29,30)31)28(32,33)36/h19,22,36H,1,3,11-17H2,2,4-10H3. The molecule has 0 aliphatic heterocycles. The summed E-state index contributed by atoms with van der Waals surface area (Å²) < 4.78 is 73.6. The van der Waals surface area contributed by atoms with Crippen LogP contribution in [0.4, 0.5) is 22.0 Å². The molecule has 0 radical (unpaired) electrons. The third-order valence-corrected chi connectivity index (χ3v) is 7.99. The first kappa shape index (κ1) is 33.0. The van der Waals surface area contributed by atoms with Crippen LogP contribution >= 0.6 is 12.6 Å². The number of carbonyl (C=O) groups excluding carboxylic acids is 1. The number of allylic oxidation sites excluding steroid dienone is 1. The Morgan fingerprint density at radius 1 is 1.08 bits per heavy atom. The normalized spacial score (nSPS) is 23.6. The predicted molar refractivity (Wildman–Crippen MR) is 139 cm³/mol. The monoisotopic (exact) mass is 540 g/mol. The van der Waals surface area contributed by atoms with Gasteiger partial charge in [-0.3, -0.25) is 4.79 Å². The van der Waals surface area contributed by atoms with Crippen LogP contribution in [0.5, 0.6) is 0 Å². The van der Waals surface area contributed by atoms with Gasteiger partial charge in [-0.25, -0.2) is 0 Å². The van der Waals surface area contributed by atoms with Gasteiger partial charge < -0.3 is 4.74 Å². The van der Waals surface area contributed by atoms with Crippen LogP contribution in [-0.2, 0) is 9.53 Å². The Hall–Kier alpha value is -1.05. The first-order valence-electron chi connectivity index (χ1n) is 12.6. The third-order valence-electron chi connectivity index (χ3n) is 7.68. The number of rotatable bonds is 10. The maximum Gasteiger partial charge on any atom is 0.398 e. The van der Waals surface area contributed by atoms with Gasteiger partial charge in [-0.05, 0) is 42.9 Å². The minimum Gasteiger partial charge on any atom is -0.491 e. The molecule has 0 amide bonds. The molecule has 0 aromatic rings. The van der Waals surface area contributed by atoms with E-state index >= 15 is 0 Å². The van der Waals surface area contributed by atoms with E-state index in [1.165, 1.54) is 6.92 Å². The fourth-order valence-electron chi connectivity index (χ4n) is 5.32. The van der Waals surface area contributed by atoms with E-state index < -0.39 is 46.5 Å². The van der Waals surface area contributed by atoms with Gasteiger partial charge in [-0.1, -0.05) is 74.1 Å². The fraction of sp³-hybridized carbons (Fsp3) is 0.821. The summed E-state index contributed by atoms with van der Waals surface area (Å²) in [4.78, 5) is 12.8. The van der Waals surface area contributed by atoms with E-state index in [0.717, 1.165) is 24.8 Å². The van der Waals surface area contributed by atoms with Crippen molar-refractivity contribution in [3.05, 3.63) is 24.5 Å². The van der Waals surface area contributed by atoms with Gasteiger partial charge in [0.15, 0.2) is 0 Å². The zero-order valence-corrected chi connectivity index (χ0v) is 24.1. The first-order chi connectivity index (χ1) is 15.8. The van der Waals surface area contributed by atoms with Crippen molar-refractivity contribution < 1.29 is 31.5 Å². The van der Waals surface area contributed by atoms with Gasteiger partial charge in [0.25, 0.3) is 0 Å². The summed E-state index contributed by atoms with van der Waals surface area (Å²) in [5, 5.41) is -4.35. The maximum atomic E-state index is 13.6. The number of alkyl halides is 5. The topological polar surface area (TPSA) is 26.3 Å². The molecule has 0 aromatic carbocycles. The fourth-order valence-corrected chi connectivity index (χ4v) is 5.56. The SMILES string of the molecule is C=C1CCCC(CC(C)C(=O)CC(C(F)(F)F)C(F)(F)S)(OC(=C)C(C)(CC(C)(C)C)C(C)(C)C)C1. The molecule has 0 saturated heterocycles. The van der Waals surface area contributed by atoms with E-state index in [9.17, 15) is 26.7 Å². The zero-order valence-electron chi connectivity index (χ0n) is 23.2. The van der Waals surface area contributed by atoms with Gasteiger partial charge in [0.2, 0.25) is 0 Å².